The Labute approximate surface area is 95.7 Å². The summed E-state index contributed by atoms with van der Waals surface area (Å²) < 4.78 is 7.33. The first-order chi connectivity index (χ1) is 7.61. The summed E-state index contributed by atoms with van der Waals surface area (Å²) in [4.78, 5) is 4.35. The van der Waals surface area contributed by atoms with Gasteiger partial charge >= 0.3 is 0 Å². The molecule has 3 heteroatoms. The third kappa shape index (κ3) is 1.81. The molecule has 2 rings (SSSR count). The number of aryl methyl sites for hydroxylation is 3. The number of imidazole rings is 1. The molecule has 0 radical (unpaired) electrons. The second kappa shape index (κ2) is 4.00. The standard InChI is InChI=1S/C13H16N2O/c1-9-5-11(12-7-15(3)8-14-12)13(16-4)6-10(9)2/h5-8H,1-4H3. The van der Waals surface area contributed by atoms with Gasteiger partial charge in [-0.05, 0) is 37.1 Å². The van der Waals surface area contributed by atoms with Gasteiger partial charge < -0.3 is 9.30 Å². The van der Waals surface area contributed by atoms with Gasteiger partial charge in [0.1, 0.15) is 5.75 Å². The maximum atomic E-state index is 5.40. The number of methoxy groups -OCH3 is 1. The Hall–Kier alpha value is -1.77. The highest BCUT2D eigenvalue weighted by Crippen LogP contribution is 2.31. The first kappa shape index (κ1) is 10.7. The van der Waals surface area contributed by atoms with Crippen LogP contribution >= 0.6 is 0 Å². The number of hydrogen-bond donors (Lipinski definition) is 0. The van der Waals surface area contributed by atoms with E-state index >= 15 is 0 Å². The van der Waals surface area contributed by atoms with Gasteiger partial charge in [0.25, 0.3) is 0 Å². The van der Waals surface area contributed by atoms with E-state index in [1.54, 1.807) is 13.4 Å². The van der Waals surface area contributed by atoms with Crippen molar-refractivity contribution in [1.82, 2.24) is 9.55 Å². The Balaban J connectivity index is 2.59. The molecule has 84 valence electrons. The SMILES string of the molecule is COc1cc(C)c(C)cc1-c1cn(C)cn1. The topological polar surface area (TPSA) is 27.1 Å². The van der Waals surface area contributed by atoms with Crippen LogP contribution in [-0.2, 0) is 7.05 Å². The lowest BCUT2D eigenvalue weighted by Crippen LogP contribution is -1.91. The molecule has 0 saturated carbocycles. The van der Waals surface area contributed by atoms with Gasteiger partial charge in [0.05, 0.1) is 19.1 Å². The van der Waals surface area contributed by atoms with Crippen molar-refractivity contribution in [1.29, 1.82) is 0 Å². The van der Waals surface area contributed by atoms with Crippen LogP contribution in [0.3, 0.4) is 0 Å². The maximum absolute atomic E-state index is 5.40. The van der Waals surface area contributed by atoms with Gasteiger partial charge in [0.2, 0.25) is 0 Å². The van der Waals surface area contributed by atoms with Crippen molar-refractivity contribution < 1.29 is 4.74 Å². The molecule has 2 aromatic rings. The lowest BCUT2D eigenvalue weighted by Gasteiger charge is -2.09. The first-order valence-electron chi connectivity index (χ1n) is 5.25. The molecule has 0 amide bonds. The van der Waals surface area contributed by atoms with Gasteiger partial charge in [-0.25, -0.2) is 4.98 Å². The van der Waals surface area contributed by atoms with Crippen molar-refractivity contribution in [2.75, 3.05) is 7.11 Å². The lowest BCUT2D eigenvalue weighted by atomic mass is 10.0. The molecular formula is C13H16N2O. The van der Waals surface area contributed by atoms with Crippen molar-refractivity contribution in [2.24, 2.45) is 7.05 Å². The maximum Gasteiger partial charge on any atom is 0.128 e. The van der Waals surface area contributed by atoms with Gasteiger partial charge in [-0.15, -0.1) is 0 Å². The molecule has 0 bridgehead atoms. The molecule has 0 aliphatic rings. The number of nitrogens with zero attached hydrogens (tertiary/aromatic N) is 2. The first-order valence-corrected chi connectivity index (χ1v) is 5.25. The number of hydrogen-bond acceptors (Lipinski definition) is 2. The predicted octanol–water partition coefficient (Wildman–Crippen LogP) is 2.71. The van der Waals surface area contributed by atoms with Crippen molar-refractivity contribution in [3.8, 4) is 17.0 Å². The van der Waals surface area contributed by atoms with Crippen LogP contribution in [0.2, 0.25) is 0 Å². The van der Waals surface area contributed by atoms with E-state index < -0.39 is 0 Å². The minimum atomic E-state index is 0.877. The largest absolute Gasteiger partial charge is 0.496 e. The average Bonchev–Trinajstić information content (AvgIpc) is 2.68. The highest BCUT2D eigenvalue weighted by atomic mass is 16.5. The van der Waals surface area contributed by atoms with Crippen LogP contribution in [-0.4, -0.2) is 16.7 Å². The highest BCUT2D eigenvalue weighted by Gasteiger charge is 2.10. The molecule has 0 aliphatic heterocycles. The van der Waals surface area contributed by atoms with Crippen LogP contribution in [0.4, 0.5) is 0 Å². The van der Waals surface area contributed by atoms with Crippen LogP contribution in [0.1, 0.15) is 11.1 Å². The summed E-state index contributed by atoms with van der Waals surface area (Å²) in [5.41, 5.74) is 4.48. The summed E-state index contributed by atoms with van der Waals surface area (Å²) in [5, 5.41) is 0. The van der Waals surface area contributed by atoms with E-state index in [1.807, 2.05) is 17.8 Å². The monoisotopic (exact) mass is 216 g/mol. The van der Waals surface area contributed by atoms with E-state index in [4.69, 9.17) is 4.74 Å². The second-order valence-corrected chi connectivity index (χ2v) is 4.06. The van der Waals surface area contributed by atoms with E-state index in [0.717, 1.165) is 17.0 Å². The fourth-order valence-electron chi connectivity index (χ4n) is 1.71. The van der Waals surface area contributed by atoms with E-state index in [2.05, 4.69) is 31.0 Å². The van der Waals surface area contributed by atoms with Gasteiger partial charge in [0, 0.05) is 18.8 Å². The molecule has 0 N–H and O–H groups in total. The number of aromatic nitrogens is 2. The Morgan fingerprint density at radius 1 is 1.19 bits per heavy atom. The molecule has 0 unspecified atom stereocenters. The van der Waals surface area contributed by atoms with E-state index in [1.165, 1.54) is 11.1 Å². The van der Waals surface area contributed by atoms with Crippen LogP contribution in [0.25, 0.3) is 11.3 Å². The summed E-state index contributed by atoms with van der Waals surface area (Å²) in [6.07, 6.45) is 3.79. The Morgan fingerprint density at radius 3 is 2.44 bits per heavy atom. The van der Waals surface area contributed by atoms with Crippen LogP contribution in [0, 0.1) is 13.8 Å². The minimum absolute atomic E-state index is 0.877. The summed E-state index contributed by atoms with van der Waals surface area (Å²) in [6.45, 7) is 4.18. The fourth-order valence-corrected chi connectivity index (χ4v) is 1.71. The summed E-state index contributed by atoms with van der Waals surface area (Å²) in [6, 6.07) is 4.18. The van der Waals surface area contributed by atoms with Crippen molar-refractivity contribution in [2.45, 2.75) is 13.8 Å². The molecule has 1 aromatic heterocycles. The molecule has 0 atom stereocenters. The van der Waals surface area contributed by atoms with Crippen molar-refractivity contribution in [3.05, 3.63) is 35.8 Å². The minimum Gasteiger partial charge on any atom is -0.496 e. The third-order valence-electron chi connectivity index (χ3n) is 2.80. The van der Waals surface area contributed by atoms with E-state index in [-0.39, 0.29) is 0 Å². The highest BCUT2D eigenvalue weighted by molar-refractivity contribution is 5.68. The molecule has 0 fully saturated rings. The quantitative estimate of drug-likeness (QED) is 0.771. The molecule has 3 nitrogen and oxygen atoms in total. The zero-order chi connectivity index (χ0) is 11.7. The molecule has 0 aliphatic carbocycles. The van der Waals surface area contributed by atoms with E-state index in [9.17, 15) is 0 Å². The Bertz CT molecular complexity index is 515. The van der Waals surface area contributed by atoms with E-state index in [0.29, 0.717) is 0 Å². The molecule has 0 saturated heterocycles. The molecule has 1 heterocycles. The molecular weight excluding hydrogens is 200 g/mol. The number of benzene rings is 1. The summed E-state index contributed by atoms with van der Waals surface area (Å²) in [7, 11) is 3.65. The van der Waals surface area contributed by atoms with Gasteiger partial charge in [-0.1, -0.05) is 0 Å². The summed E-state index contributed by atoms with van der Waals surface area (Å²) >= 11 is 0. The zero-order valence-corrected chi connectivity index (χ0v) is 10.1. The molecule has 16 heavy (non-hydrogen) atoms. The molecule has 1 aromatic carbocycles. The smallest absolute Gasteiger partial charge is 0.128 e. The van der Waals surface area contributed by atoms with Gasteiger partial charge in [0.15, 0.2) is 0 Å². The van der Waals surface area contributed by atoms with Crippen molar-refractivity contribution in [3.63, 3.8) is 0 Å². The lowest BCUT2D eigenvalue weighted by molar-refractivity contribution is 0.416. The Morgan fingerprint density at radius 2 is 1.88 bits per heavy atom. The average molecular weight is 216 g/mol. The Kier molecular flexibility index (Phi) is 2.69. The van der Waals surface area contributed by atoms with Crippen LogP contribution < -0.4 is 4.74 Å². The molecule has 0 spiro atoms. The number of rotatable bonds is 2. The summed E-state index contributed by atoms with van der Waals surface area (Å²) in [5.74, 6) is 0.877. The second-order valence-electron chi connectivity index (χ2n) is 4.06. The van der Waals surface area contributed by atoms with Crippen molar-refractivity contribution >= 4 is 0 Å². The predicted molar refractivity (Wildman–Crippen MR) is 64.7 cm³/mol. The number of ether oxygens (including phenoxy) is 1. The van der Waals surface area contributed by atoms with Gasteiger partial charge in [-0.2, -0.15) is 0 Å². The zero-order valence-electron chi connectivity index (χ0n) is 10.1. The normalized spacial score (nSPS) is 10.5. The van der Waals surface area contributed by atoms with Crippen LogP contribution in [0.5, 0.6) is 5.75 Å². The van der Waals surface area contributed by atoms with Gasteiger partial charge in [-0.3, -0.25) is 0 Å². The van der Waals surface area contributed by atoms with Crippen LogP contribution in [0.15, 0.2) is 24.7 Å². The fraction of sp³-hybridized carbons (Fsp3) is 0.308. The third-order valence-corrected chi connectivity index (χ3v) is 2.80.